The van der Waals surface area contributed by atoms with Gasteiger partial charge in [-0.1, -0.05) is 13.5 Å². The maximum absolute atomic E-state index is 8.47. The minimum Gasteiger partial charge on any atom is -0.307 e. The monoisotopic (exact) mass is 152 g/mol. The quantitative estimate of drug-likeness (QED) is 0.457. The van der Waals surface area contributed by atoms with E-state index >= 15 is 0 Å². The van der Waals surface area contributed by atoms with Crippen LogP contribution in [0.5, 0.6) is 0 Å². The van der Waals surface area contributed by atoms with Gasteiger partial charge in [-0.3, -0.25) is 0 Å². The second kappa shape index (κ2) is 5.45. The van der Waals surface area contributed by atoms with Crippen LogP contribution in [0.4, 0.5) is 0 Å². The predicted molar refractivity (Wildman–Crippen MR) is 44.7 cm³/mol. The van der Waals surface area contributed by atoms with E-state index in [-0.39, 0.29) is 0 Å². The molecular weight excluding hydrogens is 140 g/mol. The number of nitriles is 1. The zero-order valence-corrected chi connectivity index (χ0v) is 6.81. The van der Waals surface area contributed by atoms with Crippen molar-refractivity contribution in [2.45, 2.75) is 13.3 Å². The van der Waals surface area contributed by atoms with Crippen LogP contribution in [-0.2, 0) is 0 Å². The van der Waals surface area contributed by atoms with Gasteiger partial charge in [0.15, 0.2) is 0 Å². The Morgan fingerprint density at radius 2 is 2.36 bits per heavy atom. The summed E-state index contributed by atoms with van der Waals surface area (Å²) in [5.74, 6) is 0.450. The SMILES string of the molecule is C=C(N=C(C#N)CC)NNC. The summed E-state index contributed by atoms with van der Waals surface area (Å²) in [5, 5.41) is 8.47. The number of hydrogen-bond acceptors (Lipinski definition) is 4. The molecule has 4 nitrogen and oxygen atoms in total. The van der Waals surface area contributed by atoms with Crippen LogP contribution in [-0.4, -0.2) is 12.8 Å². The first-order valence-corrected chi connectivity index (χ1v) is 3.34. The van der Waals surface area contributed by atoms with Gasteiger partial charge in [0.25, 0.3) is 0 Å². The topological polar surface area (TPSA) is 60.2 Å². The van der Waals surface area contributed by atoms with E-state index in [9.17, 15) is 0 Å². The van der Waals surface area contributed by atoms with E-state index in [0.717, 1.165) is 0 Å². The van der Waals surface area contributed by atoms with Crippen molar-refractivity contribution in [3.63, 3.8) is 0 Å². The van der Waals surface area contributed by atoms with E-state index < -0.39 is 0 Å². The molecule has 0 amide bonds. The summed E-state index contributed by atoms with van der Waals surface area (Å²) in [4.78, 5) is 3.89. The lowest BCUT2D eigenvalue weighted by Crippen LogP contribution is -2.25. The second-order valence-electron chi connectivity index (χ2n) is 1.85. The van der Waals surface area contributed by atoms with Crippen LogP contribution in [0.1, 0.15) is 13.3 Å². The molecule has 0 fully saturated rings. The molecule has 0 rings (SSSR count). The number of nitrogens with one attached hydrogen (secondary N) is 2. The molecule has 0 atom stereocenters. The first kappa shape index (κ1) is 9.66. The standard InChI is InChI=1S/C7H12N4/c1-4-7(5-8)10-6(2)11-9-3/h9,11H,2,4H2,1,3H3. The number of hydrazine groups is 1. The summed E-state index contributed by atoms with van der Waals surface area (Å²) in [6.07, 6.45) is 0.626. The third-order valence-electron chi connectivity index (χ3n) is 1.00. The van der Waals surface area contributed by atoms with Crippen LogP contribution < -0.4 is 10.9 Å². The number of rotatable bonds is 4. The van der Waals surface area contributed by atoms with E-state index in [4.69, 9.17) is 5.26 Å². The molecule has 2 N–H and O–H groups in total. The van der Waals surface area contributed by atoms with Gasteiger partial charge in [-0.05, 0) is 6.42 Å². The van der Waals surface area contributed by atoms with Gasteiger partial charge >= 0.3 is 0 Å². The van der Waals surface area contributed by atoms with E-state index in [1.54, 1.807) is 7.05 Å². The van der Waals surface area contributed by atoms with Crippen molar-refractivity contribution in [2.24, 2.45) is 4.99 Å². The lowest BCUT2D eigenvalue weighted by atomic mass is 10.3. The minimum absolute atomic E-state index is 0.450. The van der Waals surface area contributed by atoms with Crippen LogP contribution in [0.3, 0.4) is 0 Å². The van der Waals surface area contributed by atoms with Gasteiger partial charge in [-0.2, -0.15) is 5.26 Å². The summed E-state index contributed by atoms with van der Waals surface area (Å²) in [5.41, 5.74) is 5.79. The zero-order valence-electron chi connectivity index (χ0n) is 6.81. The summed E-state index contributed by atoms with van der Waals surface area (Å²) in [6, 6.07) is 1.96. The molecule has 0 aliphatic rings. The normalized spacial score (nSPS) is 10.5. The largest absolute Gasteiger partial charge is 0.307 e. The summed E-state index contributed by atoms with van der Waals surface area (Å²) in [7, 11) is 1.71. The van der Waals surface area contributed by atoms with Crippen LogP contribution >= 0.6 is 0 Å². The Bertz CT molecular complexity index is 199. The first-order chi connectivity index (χ1) is 5.24. The maximum atomic E-state index is 8.47. The maximum Gasteiger partial charge on any atom is 0.133 e. The molecule has 0 radical (unpaired) electrons. The first-order valence-electron chi connectivity index (χ1n) is 3.34. The average Bonchev–Trinajstić information content (AvgIpc) is 2.01. The van der Waals surface area contributed by atoms with Crippen molar-refractivity contribution in [2.75, 3.05) is 7.05 Å². The summed E-state index contributed by atoms with van der Waals surface area (Å²) < 4.78 is 0. The Balaban J connectivity index is 4.07. The van der Waals surface area contributed by atoms with Crippen molar-refractivity contribution in [1.29, 1.82) is 5.26 Å². The highest BCUT2D eigenvalue weighted by Gasteiger charge is 1.92. The van der Waals surface area contributed by atoms with Crippen molar-refractivity contribution < 1.29 is 0 Å². The van der Waals surface area contributed by atoms with Crippen molar-refractivity contribution in [1.82, 2.24) is 10.9 Å². The molecule has 0 spiro atoms. The second-order valence-corrected chi connectivity index (χ2v) is 1.85. The fraction of sp³-hybridized carbons (Fsp3) is 0.429. The molecule has 0 heterocycles. The molecule has 0 bridgehead atoms. The van der Waals surface area contributed by atoms with E-state index in [1.807, 2.05) is 13.0 Å². The highest BCUT2D eigenvalue weighted by Crippen LogP contribution is 1.90. The molecule has 0 aromatic rings. The highest BCUT2D eigenvalue weighted by molar-refractivity contribution is 5.98. The van der Waals surface area contributed by atoms with E-state index in [1.165, 1.54) is 0 Å². The molecule has 60 valence electrons. The van der Waals surface area contributed by atoms with Crippen molar-refractivity contribution >= 4 is 5.71 Å². The third kappa shape index (κ3) is 4.12. The number of nitrogens with zero attached hydrogens (tertiary/aromatic N) is 2. The highest BCUT2D eigenvalue weighted by atomic mass is 15.4. The van der Waals surface area contributed by atoms with Crippen LogP contribution in [0.2, 0.25) is 0 Å². The Morgan fingerprint density at radius 1 is 1.73 bits per heavy atom. The Kier molecular flexibility index (Phi) is 4.78. The number of aliphatic imine (C=N–C) groups is 1. The molecule has 0 aliphatic heterocycles. The Morgan fingerprint density at radius 3 is 2.73 bits per heavy atom. The van der Waals surface area contributed by atoms with E-state index in [2.05, 4.69) is 22.4 Å². The lowest BCUT2D eigenvalue weighted by molar-refractivity contribution is 0.685. The predicted octanol–water partition coefficient (Wildman–Crippen LogP) is 0.556. The van der Waals surface area contributed by atoms with Gasteiger partial charge in [0.05, 0.1) is 0 Å². The van der Waals surface area contributed by atoms with Gasteiger partial charge in [-0.15, -0.1) is 0 Å². The molecule has 0 aromatic carbocycles. The molecule has 4 heteroatoms. The van der Waals surface area contributed by atoms with Gasteiger partial charge in [0, 0.05) is 7.05 Å². The Labute approximate surface area is 66.6 Å². The molecule has 0 saturated carbocycles. The lowest BCUT2D eigenvalue weighted by Gasteiger charge is -2.01. The number of hydrogen-bond donors (Lipinski definition) is 2. The average molecular weight is 152 g/mol. The van der Waals surface area contributed by atoms with Crippen LogP contribution in [0.15, 0.2) is 17.4 Å². The van der Waals surface area contributed by atoms with Crippen molar-refractivity contribution in [3.05, 3.63) is 12.4 Å². The molecular formula is C7H12N4. The molecule has 0 aliphatic carbocycles. The van der Waals surface area contributed by atoms with Gasteiger partial charge < -0.3 is 5.43 Å². The van der Waals surface area contributed by atoms with Crippen molar-refractivity contribution in [3.8, 4) is 6.07 Å². The van der Waals surface area contributed by atoms with Crippen LogP contribution in [0.25, 0.3) is 0 Å². The molecule has 0 aromatic heterocycles. The fourth-order valence-corrected chi connectivity index (χ4v) is 0.518. The van der Waals surface area contributed by atoms with E-state index in [0.29, 0.717) is 18.0 Å². The van der Waals surface area contributed by atoms with Gasteiger partial charge in [0.1, 0.15) is 17.6 Å². The Hall–Kier alpha value is -1.34. The molecule has 0 saturated heterocycles. The molecule has 0 unspecified atom stereocenters. The zero-order chi connectivity index (χ0) is 8.69. The van der Waals surface area contributed by atoms with Gasteiger partial charge in [0.2, 0.25) is 0 Å². The smallest absolute Gasteiger partial charge is 0.133 e. The van der Waals surface area contributed by atoms with Crippen LogP contribution in [0, 0.1) is 11.3 Å². The summed E-state index contributed by atoms with van der Waals surface area (Å²) in [6.45, 7) is 5.44. The minimum atomic E-state index is 0.450. The molecule has 11 heavy (non-hydrogen) atoms. The third-order valence-corrected chi connectivity index (χ3v) is 1.00. The summed E-state index contributed by atoms with van der Waals surface area (Å²) >= 11 is 0. The van der Waals surface area contributed by atoms with Gasteiger partial charge in [-0.25, -0.2) is 10.4 Å². The fourth-order valence-electron chi connectivity index (χ4n) is 0.518.